The van der Waals surface area contributed by atoms with Crippen LogP contribution in [0.5, 0.6) is 0 Å². The van der Waals surface area contributed by atoms with Gasteiger partial charge in [0.15, 0.2) is 5.15 Å². The van der Waals surface area contributed by atoms with Gasteiger partial charge in [0.2, 0.25) is 0 Å². The second-order valence-corrected chi connectivity index (χ2v) is 8.49. The molecule has 1 aromatic carbocycles. The molecule has 2 aromatic heterocycles. The van der Waals surface area contributed by atoms with Gasteiger partial charge >= 0.3 is 0 Å². The van der Waals surface area contributed by atoms with Crippen molar-refractivity contribution in [3.8, 4) is 11.1 Å². The minimum Gasteiger partial charge on any atom is -0.355 e. The van der Waals surface area contributed by atoms with E-state index in [4.69, 9.17) is 11.6 Å². The topological polar surface area (TPSA) is 101 Å². The van der Waals surface area contributed by atoms with Crippen LogP contribution in [0.4, 0.5) is 5.69 Å². The number of halogens is 1. The van der Waals surface area contributed by atoms with E-state index >= 15 is 0 Å². The molecule has 0 saturated carbocycles. The number of rotatable bonds is 5. The minimum atomic E-state index is -3.86. The summed E-state index contributed by atoms with van der Waals surface area (Å²) in [5, 5.41) is 2.54. The summed E-state index contributed by atoms with van der Waals surface area (Å²) in [6.07, 6.45) is 4.48. The fraction of sp³-hybridized carbons (Fsp3) is 0.150. The van der Waals surface area contributed by atoms with Gasteiger partial charge in [0.1, 0.15) is 0 Å². The van der Waals surface area contributed by atoms with Gasteiger partial charge in [0.25, 0.3) is 15.9 Å². The van der Waals surface area contributed by atoms with E-state index in [0.717, 1.165) is 5.56 Å². The number of hydrogen-bond donors (Lipinski definition) is 2. The molecule has 0 bridgehead atoms. The Labute approximate surface area is 174 Å². The van der Waals surface area contributed by atoms with Crippen LogP contribution in [-0.2, 0) is 10.0 Å². The molecular weight excluding hydrogens is 412 g/mol. The zero-order valence-electron chi connectivity index (χ0n) is 16.0. The maximum absolute atomic E-state index is 12.9. The molecule has 150 valence electrons. The first kappa shape index (κ1) is 20.8. The monoisotopic (exact) mass is 430 g/mol. The van der Waals surface area contributed by atoms with Crippen molar-refractivity contribution >= 4 is 33.2 Å². The average Bonchev–Trinajstić information content (AvgIpc) is 2.68. The van der Waals surface area contributed by atoms with Crippen molar-refractivity contribution in [1.82, 2.24) is 15.3 Å². The fourth-order valence-corrected chi connectivity index (χ4v) is 4.34. The molecule has 0 aliphatic carbocycles. The van der Waals surface area contributed by atoms with Crippen LogP contribution in [0.1, 0.15) is 21.5 Å². The van der Waals surface area contributed by atoms with Crippen LogP contribution >= 0.6 is 11.6 Å². The SMILES string of the molecule is CNC(=O)c1cncc(-c2cnc(Cl)c(NS(=O)(=O)c3ccc(C)cc3C)c2)c1. The number of anilines is 1. The lowest BCUT2D eigenvalue weighted by Crippen LogP contribution is -2.17. The first-order valence-corrected chi connectivity index (χ1v) is 10.5. The van der Waals surface area contributed by atoms with Crippen molar-refractivity contribution in [3.05, 3.63) is 70.8 Å². The molecule has 0 fully saturated rings. The number of nitrogens with one attached hydrogen (secondary N) is 2. The number of sulfonamides is 1. The van der Waals surface area contributed by atoms with Crippen LogP contribution in [0.2, 0.25) is 5.15 Å². The summed E-state index contributed by atoms with van der Waals surface area (Å²) in [7, 11) is -2.34. The molecule has 0 aliphatic rings. The molecule has 0 radical (unpaired) electrons. The van der Waals surface area contributed by atoms with E-state index in [1.54, 1.807) is 43.5 Å². The zero-order chi connectivity index (χ0) is 21.2. The van der Waals surface area contributed by atoms with Crippen LogP contribution in [-0.4, -0.2) is 31.3 Å². The van der Waals surface area contributed by atoms with Gasteiger partial charge in [-0.2, -0.15) is 0 Å². The number of aromatic nitrogens is 2. The normalized spacial score (nSPS) is 11.2. The van der Waals surface area contributed by atoms with Gasteiger partial charge < -0.3 is 5.32 Å². The summed E-state index contributed by atoms with van der Waals surface area (Å²) in [4.78, 5) is 20.1. The van der Waals surface area contributed by atoms with Gasteiger partial charge in [0, 0.05) is 36.8 Å². The predicted molar refractivity (Wildman–Crippen MR) is 113 cm³/mol. The van der Waals surface area contributed by atoms with E-state index in [1.807, 2.05) is 6.92 Å². The zero-order valence-corrected chi connectivity index (χ0v) is 17.6. The summed E-state index contributed by atoms with van der Waals surface area (Å²) in [5.41, 5.74) is 3.26. The van der Waals surface area contributed by atoms with E-state index in [1.165, 1.54) is 19.4 Å². The quantitative estimate of drug-likeness (QED) is 0.602. The Morgan fingerprint density at radius 3 is 2.45 bits per heavy atom. The highest BCUT2D eigenvalue weighted by atomic mass is 35.5. The Balaban J connectivity index is 1.99. The molecular formula is C20H19ClN4O3S. The molecule has 2 heterocycles. The Morgan fingerprint density at radius 2 is 1.76 bits per heavy atom. The molecule has 0 unspecified atom stereocenters. The number of nitrogens with zero attached hydrogens (tertiary/aromatic N) is 2. The summed E-state index contributed by atoms with van der Waals surface area (Å²) in [6.45, 7) is 3.62. The number of hydrogen-bond acceptors (Lipinski definition) is 5. The predicted octanol–water partition coefficient (Wildman–Crippen LogP) is 3.57. The molecule has 0 atom stereocenters. The molecule has 0 saturated heterocycles. The van der Waals surface area contributed by atoms with Crippen molar-refractivity contribution in [2.75, 3.05) is 11.8 Å². The van der Waals surface area contributed by atoms with Crippen molar-refractivity contribution in [2.24, 2.45) is 0 Å². The lowest BCUT2D eigenvalue weighted by molar-refractivity contribution is 0.0962. The molecule has 0 aliphatic heterocycles. The van der Waals surface area contributed by atoms with E-state index in [0.29, 0.717) is 22.3 Å². The third-order valence-corrected chi connectivity index (χ3v) is 6.09. The summed E-state index contributed by atoms with van der Waals surface area (Å²) < 4.78 is 28.2. The van der Waals surface area contributed by atoms with Gasteiger partial charge in [0.05, 0.1) is 16.1 Å². The number of amides is 1. The lowest BCUT2D eigenvalue weighted by atomic mass is 10.1. The Kier molecular flexibility index (Phi) is 5.86. The van der Waals surface area contributed by atoms with Crippen LogP contribution in [0, 0.1) is 13.8 Å². The molecule has 3 rings (SSSR count). The summed E-state index contributed by atoms with van der Waals surface area (Å²) >= 11 is 6.13. The van der Waals surface area contributed by atoms with Gasteiger partial charge in [-0.1, -0.05) is 29.3 Å². The molecule has 0 spiro atoms. The van der Waals surface area contributed by atoms with E-state index in [-0.39, 0.29) is 21.6 Å². The number of carbonyl (C=O) groups is 1. The molecule has 9 heteroatoms. The summed E-state index contributed by atoms with van der Waals surface area (Å²) in [5.74, 6) is -0.281. The Morgan fingerprint density at radius 1 is 1.03 bits per heavy atom. The number of pyridine rings is 2. The molecule has 29 heavy (non-hydrogen) atoms. The van der Waals surface area contributed by atoms with Crippen LogP contribution in [0.25, 0.3) is 11.1 Å². The Hall–Kier alpha value is -2.97. The first-order valence-electron chi connectivity index (χ1n) is 8.64. The fourth-order valence-electron chi connectivity index (χ4n) is 2.84. The van der Waals surface area contributed by atoms with Crippen molar-refractivity contribution < 1.29 is 13.2 Å². The van der Waals surface area contributed by atoms with Gasteiger partial charge in [-0.3, -0.25) is 14.5 Å². The average molecular weight is 431 g/mol. The van der Waals surface area contributed by atoms with E-state index < -0.39 is 10.0 Å². The maximum Gasteiger partial charge on any atom is 0.262 e. The van der Waals surface area contributed by atoms with E-state index in [9.17, 15) is 13.2 Å². The number of aryl methyl sites for hydroxylation is 2. The van der Waals surface area contributed by atoms with Crippen LogP contribution in [0.15, 0.2) is 53.8 Å². The highest BCUT2D eigenvalue weighted by Crippen LogP contribution is 2.29. The number of carbonyl (C=O) groups excluding carboxylic acids is 1. The van der Waals surface area contributed by atoms with Crippen molar-refractivity contribution in [3.63, 3.8) is 0 Å². The van der Waals surface area contributed by atoms with Crippen molar-refractivity contribution in [1.29, 1.82) is 0 Å². The van der Waals surface area contributed by atoms with Crippen molar-refractivity contribution in [2.45, 2.75) is 18.7 Å². The van der Waals surface area contributed by atoms with Crippen LogP contribution < -0.4 is 10.0 Å². The maximum atomic E-state index is 12.9. The van der Waals surface area contributed by atoms with Crippen LogP contribution in [0.3, 0.4) is 0 Å². The standard InChI is InChI=1S/C20H19ClN4O3S/c1-12-4-5-18(13(2)6-12)29(27,28)25-17-8-15(11-24-19(17)21)14-7-16(10-23-9-14)20(26)22-3/h4-11,25H,1-3H3,(H,22,26). The second-order valence-electron chi connectivity index (χ2n) is 6.48. The third-order valence-electron chi connectivity index (χ3n) is 4.26. The second kappa shape index (κ2) is 8.18. The van der Waals surface area contributed by atoms with E-state index in [2.05, 4.69) is 20.0 Å². The lowest BCUT2D eigenvalue weighted by Gasteiger charge is -2.13. The molecule has 1 amide bonds. The van der Waals surface area contributed by atoms with Gasteiger partial charge in [-0.05, 0) is 37.6 Å². The molecule has 7 nitrogen and oxygen atoms in total. The first-order chi connectivity index (χ1) is 13.7. The minimum absolute atomic E-state index is 0.0116. The van der Waals surface area contributed by atoms with Gasteiger partial charge in [-0.15, -0.1) is 0 Å². The number of benzene rings is 1. The molecule has 3 aromatic rings. The summed E-state index contributed by atoms with van der Waals surface area (Å²) in [6, 6.07) is 8.27. The smallest absolute Gasteiger partial charge is 0.262 e. The van der Waals surface area contributed by atoms with Gasteiger partial charge in [-0.25, -0.2) is 13.4 Å². The largest absolute Gasteiger partial charge is 0.355 e. The Bertz CT molecular complexity index is 1200. The highest BCUT2D eigenvalue weighted by Gasteiger charge is 2.19. The molecule has 2 N–H and O–H groups in total. The highest BCUT2D eigenvalue weighted by molar-refractivity contribution is 7.92. The third kappa shape index (κ3) is 4.55.